The Bertz CT molecular complexity index is 1020. The van der Waals surface area contributed by atoms with Crippen molar-refractivity contribution >= 4 is 17.2 Å². The Morgan fingerprint density at radius 2 is 1.93 bits per heavy atom. The Hall–Kier alpha value is -2.87. The number of rotatable bonds is 4. The molecule has 28 heavy (non-hydrogen) atoms. The molecule has 0 unspecified atom stereocenters. The molecule has 4 heterocycles. The van der Waals surface area contributed by atoms with Gasteiger partial charge in [-0.1, -0.05) is 0 Å². The second-order valence-electron chi connectivity index (χ2n) is 6.98. The van der Waals surface area contributed by atoms with Gasteiger partial charge >= 0.3 is 0 Å². The van der Waals surface area contributed by atoms with Crippen LogP contribution in [0.3, 0.4) is 0 Å². The number of nitrogens with zero attached hydrogens (tertiary/aromatic N) is 5. The maximum Gasteiger partial charge on any atom is 0.266 e. The Morgan fingerprint density at radius 1 is 1.18 bits per heavy atom. The Morgan fingerprint density at radius 3 is 2.61 bits per heavy atom. The van der Waals surface area contributed by atoms with Crippen LogP contribution in [0.15, 0.2) is 47.0 Å². The molecule has 3 aromatic heterocycles. The van der Waals surface area contributed by atoms with Crippen LogP contribution >= 0.6 is 11.3 Å². The van der Waals surface area contributed by atoms with Gasteiger partial charge in [-0.15, -0.1) is 11.3 Å². The normalized spacial score (nSPS) is 15.0. The lowest BCUT2D eigenvalue weighted by molar-refractivity contribution is 0.0684. The van der Waals surface area contributed by atoms with E-state index in [4.69, 9.17) is 0 Å². The smallest absolute Gasteiger partial charge is 0.266 e. The first-order chi connectivity index (χ1) is 13.6. The molecule has 0 radical (unpaired) electrons. The molecule has 0 bridgehead atoms. The number of likely N-dealkylation sites (tertiary alicyclic amines) is 1. The largest absolute Gasteiger partial charge is 0.338 e. The van der Waals surface area contributed by atoms with E-state index in [0.717, 1.165) is 34.7 Å². The zero-order chi connectivity index (χ0) is 19.5. The lowest BCUT2D eigenvalue weighted by atomic mass is 9.96. The van der Waals surface area contributed by atoms with E-state index in [9.17, 15) is 9.59 Å². The molecule has 0 aliphatic carbocycles. The summed E-state index contributed by atoms with van der Waals surface area (Å²) >= 11 is 1.39. The first kappa shape index (κ1) is 18.5. The van der Waals surface area contributed by atoms with Crippen molar-refractivity contribution in [1.82, 2.24) is 24.6 Å². The highest BCUT2D eigenvalue weighted by Gasteiger charge is 2.26. The van der Waals surface area contributed by atoms with Crippen LogP contribution in [-0.2, 0) is 6.54 Å². The number of carbonyl (C=O) groups is 1. The fourth-order valence-electron chi connectivity index (χ4n) is 3.47. The molecule has 0 spiro atoms. The molecule has 7 nitrogen and oxygen atoms in total. The van der Waals surface area contributed by atoms with Crippen LogP contribution in [0.1, 0.15) is 28.2 Å². The van der Waals surface area contributed by atoms with Crippen LogP contribution in [-0.4, -0.2) is 43.6 Å². The van der Waals surface area contributed by atoms with Gasteiger partial charge in [0, 0.05) is 43.7 Å². The first-order valence-electron chi connectivity index (χ1n) is 9.30. The number of pyridine rings is 1. The Kier molecular flexibility index (Phi) is 5.29. The second-order valence-corrected chi connectivity index (χ2v) is 7.83. The minimum absolute atomic E-state index is 0.0634. The molecule has 1 fully saturated rings. The highest BCUT2D eigenvalue weighted by molar-refractivity contribution is 7.11. The lowest BCUT2D eigenvalue weighted by Gasteiger charge is -2.31. The highest BCUT2D eigenvalue weighted by atomic mass is 32.1. The van der Waals surface area contributed by atoms with E-state index in [-0.39, 0.29) is 11.5 Å². The van der Waals surface area contributed by atoms with E-state index in [1.54, 1.807) is 34.7 Å². The van der Waals surface area contributed by atoms with Crippen LogP contribution in [0.5, 0.6) is 0 Å². The van der Waals surface area contributed by atoms with Crippen molar-refractivity contribution in [2.45, 2.75) is 26.3 Å². The molecule has 0 saturated carbocycles. The molecule has 1 amide bonds. The second kappa shape index (κ2) is 8.02. The molecule has 4 rings (SSSR count). The topological polar surface area (TPSA) is 81.0 Å². The first-order valence-corrected chi connectivity index (χ1v) is 10.2. The van der Waals surface area contributed by atoms with Gasteiger partial charge < -0.3 is 4.90 Å². The molecular weight excluding hydrogens is 374 g/mol. The van der Waals surface area contributed by atoms with Crippen molar-refractivity contribution in [3.8, 4) is 11.3 Å². The van der Waals surface area contributed by atoms with Gasteiger partial charge in [0.05, 0.1) is 16.9 Å². The molecule has 1 aliphatic rings. The van der Waals surface area contributed by atoms with E-state index in [1.165, 1.54) is 11.3 Å². The highest BCUT2D eigenvalue weighted by Crippen LogP contribution is 2.23. The summed E-state index contributed by atoms with van der Waals surface area (Å²) in [5.74, 6) is 0.387. The predicted molar refractivity (Wildman–Crippen MR) is 107 cm³/mol. The van der Waals surface area contributed by atoms with E-state index in [0.29, 0.717) is 25.6 Å². The number of carbonyl (C=O) groups excluding carboxylic acids is 1. The third kappa shape index (κ3) is 3.87. The van der Waals surface area contributed by atoms with Crippen LogP contribution in [0.4, 0.5) is 0 Å². The average molecular weight is 395 g/mol. The molecule has 0 atom stereocenters. The maximum atomic E-state index is 12.6. The predicted octanol–water partition coefficient (Wildman–Crippen LogP) is 2.62. The van der Waals surface area contributed by atoms with Crippen LogP contribution in [0.25, 0.3) is 11.3 Å². The molecule has 0 aromatic carbocycles. The summed E-state index contributed by atoms with van der Waals surface area (Å²) in [6.07, 6.45) is 5.14. The summed E-state index contributed by atoms with van der Waals surface area (Å²) < 4.78 is 1.55. The molecular formula is C20H21N5O2S. The van der Waals surface area contributed by atoms with Gasteiger partial charge in [-0.25, -0.2) is 9.67 Å². The summed E-state index contributed by atoms with van der Waals surface area (Å²) in [6.45, 7) is 3.82. The third-order valence-corrected chi connectivity index (χ3v) is 6.03. The minimum Gasteiger partial charge on any atom is -0.338 e. The fraction of sp³-hybridized carbons (Fsp3) is 0.350. The monoisotopic (exact) mass is 395 g/mol. The Labute approximate surface area is 166 Å². The van der Waals surface area contributed by atoms with Crippen molar-refractivity contribution in [1.29, 1.82) is 0 Å². The summed E-state index contributed by atoms with van der Waals surface area (Å²) in [7, 11) is 0. The van der Waals surface area contributed by atoms with Gasteiger partial charge in [-0.3, -0.25) is 14.6 Å². The van der Waals surface area contributed by atoms with Gasteiger partial charge in [-0.05, 0) is 43.9 Å². The number of amides is 1. The minimum atomic E-state index is -0.100. The van der Waals surface area contributed by atoms with Crippen molar-refractivity contribution in [2.75, 3.05) is 13.1 Å². The number of aromatic nitrogens is 4. The Balaban J connectivity index is 1.42. The molecule has 144 valence electrons. The maximum absolute atomic E-state index is 12.6. The van der Waals surface area contributed by atoms with E-state index in [2.05, 4.69) is 15.1 Å². The van der Waals surface area contributed by atoms with E-state index in [1.807, 2.05) is 24.0 Å². The van der Waals surface area contributed by atoms with Crippen LogP contribution < -0.4 is 5.56 Å². The number of aryl methyl sites for hydroxylation is 1. The van der Waals surface area contributed by atoms with E-state index < -0.39 is 0 Å². The molecule has 1 saturated heterocycles. The summed E-state index contributed by atoms with van der Waals surface area (Å²) in [5.41, 5.74) is 4.10. The van der Waals surface area contributed by atoms with Crippen molar-refractivity contribution in [3.05, 3.63) is 63.1 Å². The van der Waals surface area contributed by atoms with Crippen molar-refractivity contribution in [2.24, 2.45) is 5.92 Å². The lowest BCUT2D eigenvalue weighted by Crippen LogP contribution is -2.40. The van der Waals surface area contributed by atoms with E-state index >= 15 is 0 Å². The standard InChI is InChI=1S/C20H21N5O2S/c1-14-19(28-13-22-14)20(27)24-10-6-15(7-11-24)12-25-18(26)3-2-17(23-25)16-4-8-21-9-5-16/h2-5,8-9,13,15H,6-7,10-12H2,1H3. The fourth-order valence-corrected chi connectivity index (χ4v) is 4.24. The molecule has 8 heteroatoms. The summed E-state index contributed by atoms with van der Waals surface area (Å²) in [6, 6.07) is 7.06. The van der Waals surface area contributed by atoms with Gasteiger partial charge in [0.1, 0.15) is 4.88 Å². The number of hydrogen-bond acceptors (Lipinski definition) is 6. The average Bonchev–Trinajstić information content (AvgIpc) is 3.16. The summed E-state index contributed by atoms with van der Waals surface area (Å²) in [4.78, 5) is 35.7. The zero-order valence-corrected chi connectivity index (χ0v) is 16.4. The SMILES string of the molecule is Cc1ncsc1C(=O)N1CCC(Cn2nc(-c3ccncc3)ccc2=O)CC1. The number of thiazole rings is 1. The van der Waals surface area contributed by atoms with Gasteiger partial charge in [0.25, 0.3) is 11.5 Å². The van der Waals surface area contributed by atoms with Crippen LogP contribution in [0.2, 0.25) is 0 Å². The summed E-state index contributed by atoms with van der Waals surface area (Å²) in [5, 5.41) is 4.53. The van der Waals surface area contributed by atoms with Gasteiger partial charge in [-0.2, -0.15) is 5.10 Å². The van der Waals surface area contributed by atoms with Crippen molar-refractivity contribution in [3.63, 3.8) is 0 Å². The third-order valence-electron chi connectivity index (χ3n) is 5.12. The molecule has 0 N–H and O–H groups in total. The van der Waals surface area contributed by atoms with Gasteiger partial charge in [0.2, 0.25) is 0 Å². The molecule has 3 aromatic rings. The number of piperidine rings is 1. The van der Waals surface area contributed by atoms with Crippen LogP contribution in [0, 0.1) is 12.8 Å². The molecule has 1 aliphatic heterocycles. The number of hydrogen-bond donors (Lipinski definition) is 0. The zero-order valence-electron chi connectivity index (χ0n) is 15.6. The van der Waals surface area contributed by atoms with Crippen molar-refractivity contribution < 1.29 is 4.79 Å². The quantitative estimate of drug-likeness (QED) is 0.678. The van der Waals surface area contributed by atoms with Gasteiger partial charge in [0.15, 0.2) is 0 Å².